The van der Waals surface area contributed by atoms with Gasteiger partial charge < -0.3 is 10.1 Å². The van der Waals surface area contributed by atoms with Crippen molar-refractivity contribution in [1.29, 1.82) is 0 Å². The molecule has 88 valence electrons. The number of aryl methyl sites for hydroxylation is 3. The number of rotatable bonds is 1. The van der Waals surface area contributed by atoms with Crippen molar-refractivity contribution < 1.29 is 4.74 Å². The largest absolute Gasteiger partial charge is 0.371 e. The Kier molecular flexibility index (Phi) is 3.31. The van der Waals surface area contributed by atoms with Gasteiger partial charge in [0.1, 0.15) is 0 Å². The number of morpholine rings is 1. The van der Waals surface area contributed by atoms with Gasteiger partial charge in [0, 0.05) is 12.6 Å². The summed E-state index contributed by atoms with van der Waals surface area (Å²) < 4.78 is 5.89. The topological polar surface area (TPSA) is 21.3 Å². The van der Waals surface area contributed by atoms with E-state index in [-0.39, 0.29) is 6.10 Å². The minimum atomic E-state index is 0.202. The number of hydrogen-bond acceptors (Lipinski definition) is 2. The normalized spacial score (nSPS) is 25.8. The van der Waals surface area contributed by atoms with Crippen LogP contribution in [0.25, 0.3) is 0 Å². The van der Waals surface area contributed by atoms with Gasteiger partial charge in [0.2, 0.25) is 0 Å². The Hall–Kier alpha value is -0.860. The second-order valence-electron chi connectivity index (χ2n) is 4.83. The molecule has 1 aromatic rings. The fraction of sp³-hybridized carbons (Fsp3) is 0.571. The predicted molar refractivity (Wildman–Crippen MR) is 66.8 cm³/mol. The second kappa shape index (κ2) is 4.56. The molecule has 2 nitrogen and oxygen atoms in total. The van der Waals surface area contributed by atoms with Crippen LogP contribution in [0, 0.1) is 20.8 Å². The molecule has 2 rings (SSSR count). The summed E-state index contributed by atoms with van der Waals surface area (Å²) in [5.41, 5.74) is 5.38. The zero-order valence-electron chi connectivity index (χ0n) is 10.6. The van der Waals surface area contributed by atoms with E-state index in [4.69, 9.17) is 4.74 Å². The molecular weight excluding hydrogens is 198 g/mol. The van der Waals surface area contributed by atoms with Crippen molar-refractivity contribution in [1.82, 2.24) is 5.32 Å². The molecule has 1 N–H and O–H groups in total. The van der Waals surface area contributed by atoms with Crippen molar-refractivity contribution in [2.45, 2.75) is 39.8 Å². The highest BCUT2D eigenvalue weighted by molar-refractivity contribution is 5.38. The number of nitrogens with one attached hydrogen (secondary N) is 1. The average Bonchev–Trinajstić information content (AvgIpc) is 2.25. The Morgan fingerprint density at radius 3 is 2.50 bits per heavy atom. The van der Waals surface area contributed by atoms with Gasteiger partial charge in [-0.05, 0) is 49.9 Å². The summed E-state index contributed by atoms with van der Waals surface area (Å²) in [6.45, 7) is 10.5. The lowest BCUT2D eigenvalue weighted by atomic mass is 9.93. The Morgan fingerprint density at radius 1 is 1.12 bits per heavy atom. The summed E-state index contributed by atoms with van der Waals surface area (Å²) in [7, 11) is 0. The predicted octanol–water partition coefficient (Wildman–Crippen LogP) is 2.66. The molecule has 1 aromatic carbocycles. The third-order valence-electron chi connectivity index (χ3n) is 3.51. The molecule has 1 heterocycles. The fourth-order valence-corrected chi connectivity index (χ4v) is 2.37. The van der Waals surface area contributed by atoms with E-state index in [1.54, 1.807) is 0 Å². The van der Waals surface area contributed by atoms with Crippen LogP contribution in [0.3, 0.4) is 0 Å². The second-order valence-corrected chi connectivity index (χ2v) is 4.83. The van der Waals surface area contributed by atoms with Gasteiger partial charge in [0.25, 0.3) is 0 Å². The first-order chi connectivity index (χ1) is 7.59. The molecule has 0 saturated carbocycles. The maximum atomic E-state index is 5.89. The molecule has 0 bridgehead atoms. The van der Waals surface area contributed by atoms with Crippen molar-refractivity contribution in [2.75, 3.05) is 13.2 Å². The van der Waals surface area contributed by atoms with Crippen LogP contribution < -0.4 is 5.32 Å². The maximum absolute atomic E-state index is 5.89. The van der Waals surface area contributed by atoms with E-state index in [2.05, 4.69) is 45.1 Å². The van der Waals surface area contributed by atoms with Crippen LogP contribution in [-0.2, 0) is 4.74 Å². The zero-order valence-corrected chi connectivity index (χ0v) is 10.6. The fourth-order valence-electron chi connectivity index (χ4n) is 2.37. The van der Waals surface area contributed by atoms with Gasteiger partial charge >= 0.3 is 0 Å². The van der Waals surface area contributed by atoms with Crippen LogP contribution in [0.2, 0.25) is 0 Å². The first-order valence-electron chi connectivity index (χ1n) is 6.02. The molecular formula is C14H21NO. The van der Waals surface area contributed by atoms with Crippen LogP contribution in [0.1, 0.15) is 35.3 Å². The molecule has 0 aromatic heterocycles. The van der Waals surface area contributed by atoms with E-state index in [1.165, 1.54) is 22.3 Å². The monoisotopic (exact) mass is 219 g/mol. The third kappa shape index (κ3) is 2.13. The van der Waals surface area contributed by atoms with Gasteiger partial charge in [-0.3, -0.25) is 0 Å². The molecule has 0 radical (unpaired) electrons. The van der Waals surface area contributed by atoms with E-state index in [0.29, 0.717) is 6.04 Å². The molecule has 1 saturated heterocycles. The molecule has 0 aliphatic carbocycles. The van der Waals surface area contributed by atoms with Crippen molar-refractivity contribution in [3.8, 4) is 0 Å². The molecule has 16 heavy (non-hydrogen) atoms. The van der Waals surface area contributed by atoms with E-state index in [1.807, 2.05) is 0 Å². The van der Waals surface area contributed by atoms with Crippen LogP contribution in [0.15, 0.2) is 12.1 Å². The standard InChI is InChI=1S/C14H21NO/c1-9-7-11(3)13(8-10(9)2)14-12(4)15-5-6-16-14/h7-8,12,14-15H,5-6H2,1-4H3. The molecule has 2 atom stereocenters. The van der Waals surface area contributed by atoms with Gasteiger partial charge in [0.05, 0.1) is 12.7 Å². The molecule has 0 spiro atoms. The van der Waals surface area contributed by atoms with Crippen molar-refractivity contribution in [2.24, 2.45) is 0 Å². The molecule has 1 fully saturated rings. The average molecular weight is 219 g/mol. The maximum Gasteiger partial charge on any atom is 0.0978 e. The van der Waals surface area contributed by atoms with E-state index < -0.39 is 0 Å². The summed E-state index contributed by atoms with van der Waals surface area (Å²) >= 11 is 0. The van der Waals surface area contributed by atoms with Gasteiger partial charge in [0.15, 0.2) is 0 Å². The molecule has 2 heteroatoms. The minimum Gasteiger partial charge on any atom is -0.371 e. The van der Waals surface area contributed by atoms with E-state index in [9.17, 15) is 0 Å². The molecule has 1 aliphatic rings. The van der Waals surface area contributed by atoms with E-state index in [0.717, 1.165) is 13.2 Å². The van der Waals surface area contributed by atoms with Gasteiger partial charge in [-0.2, -0.15) is 0 Å². The lowest BCUT2D eigenvalue weighted by Gasteiger charge is -2.32. The minimum absolute atomic E-state index is 0.202. The van der Waals surface area contributed by atoms with Crippen molar-refractivity contribution in [3.05, 3.63) is 34.4 Å². The van der Waals surface area contributed by atoms with Gasteiger partial charge in [-0.15, -0.1) is 0 Å². The highest BCUT2D eigenvalue weighted by atomic mass is 16.5. The zero-order chi connectivity index (χ0) is 11.7. The summed E-state index contributed by atoms with van der Waals surface area (Å²) in [4.78, 5) is 0. The Bertz CT molecular complexity index is 387. The van der Waals surface area contributed by atoms with Crippen LogP contribution in [0.4, 0.5) is 0 Å². The molecule has 1 aliphatic heterocycles. The SMILES string of the molecule is Cc1cc(C)c(C2OCCNC2C)cc1C. The highest BCUT2D eigenvalue weighted by Gasteiger charge is 2.24. The summed E-state index contributed by atoms with van der Waals surface area (Å²) in [5, 5.41) is 3.47. The molecule has 2 unspecified atom stereocenters. The van der Waals surface area contributed by atoms with E-state index >= 15 is 0 Å². The first kappa shape index (κ1) is 11.6. The Balaban J connectivity index is 2.35. The lowest BCUT2D eigenvalue weighted by molar-refractivity contribution is -0.000620. The van der Waals surface area contributed by atoms with Gasteiger partial charge in [-0.25, -0.2) is 0 Å². The Morgan fingerprint density at radius 2 is 1.81 bits per heavy atom. The quantitative estimate of drug-likeness (QED) is 0.784. The third-order valence-corrected chi connectivity index (χ3v) is 3.51. The summed E-state index contributed by atoms with van der Waals surface area (Å²) in [6.07, 6.45) is 0.202. The number of ether oxygens (including phenoxy) is 1. The van der Waals surface area contributed by atoms with Crippen LogP contribution in [-0.4, -0.2) is 19.2 Å². The summed E-state index contributed by atoms with van der Waals surface area (Å²) in [6, 6.07) is 4.93. The number of benzene rings is 1. The number of hydrogen-bond donors (Lipinski definition) is 1. The van der Waals surface area contributed by atoms with Crippen molar-refractivity contribution >= 4 is 0 Å². The van der Waals surface area contributed by atoms with Gasteiger partial charge in [-0.1, -0.05) is 12.1 Å². The highest BCUT2D eigenvalue weighted by Crippen LogP contribution is 2.28. The smallest absolute Gasteiger partial charge is 0.0978 e. The Labute approximate surface area is 98.0 Å². The van der Waals surface area contributed by atoms with Crippen LogP contribution in [0.5, 0.6) is 0 Å². The summed E-state index contributed by atoms with van der Waals surface area (Å²) in [5.74, 6) is 0. The first-order valence-corrected chi connectivity index (χ1v) is 6.02. The lowest BCUT2D eigenvalue weighted by Crippen LogP contribution is -2.41. The molecule has 0 amide bonds. The van der Waals surface area contributed by atoms with Crippen molar-refractivity contribution in [3.63, 3.8) is 0 Å². The van der Waals surface area contributed by atoms with Crippen LogP contribution >= 0.6 is 0 Å².